The molecule has 0 amide bonds. The average Bonchev–Trinajstić information content (AvgIpc) is 2.47. The summed E-state index contributed by atoms with van der Waals surface area (Å²) in [6.07, 6.45) is 0.960. The molecule has 0 aliphatic carbocycles. The highest BCUT2D eigenvalue weighted by Crippen LogP contribution is 2.34. The molecule has 0 saturated carbocycles. The lowest BCUT2D eigenvalue weighted by molar-refractivity contribution is 0.416. The largest absolute Gasteiger partial charge is 0.508 e. The molecule has 0 spiro atoms. The van der Waals surface area contributed by atoms with Gasteiger partial charge in [0.05, 0.1) is 7.11 Å². The summed E-state index contributed by atoms with van der Waals surface area (Å²) >= 11 is 0. The molecule has 0 aliphatic heterocycles. The summed E-state index contributed by atoms with van der Waals surface area (Å²) in [7, 11) is 1.67. The number of ether oxygens (including phenoxy) is 1. The number of hydrogen-bond donors (Lipinski definition) is 2. The lowest BCUT2D eigenvalue weighted by Crippen LogP contribution is -2.04. The van der Waals surface area contributed by atoms with Gasteiger partial charge in [0.1, 0.15) is 11.5 Å². The van der Waals surface area contributed by atoms with E-state index in [1.165, 1.54) is 5.56 Å². The predicted octanol–water partition coefficient (Wildman–Crippen LogP) is 3.52. The molecule has 0 aliphatic rings. The van der Waals surface area contributed by atoms with Gasteiger partial charge >= 0.3 is 0 Å². The Morgan fingerprint density at radius 3 is 2.45 bits per heavy atom. The number of rotatable bonds is 5. The molecule has 3 N–H and O–H groups in total. The van der Waals surface area contributed by atoms with Crippen LogP contribution in [-0.2, 0) is 0 Å². The average molecular weight is 271 g/mol. The van der Waals surface area contributed by atoms with Crippen LogP contribution in [0.25, 0.3) is 11.1 Å². The van der Waals surface area contributed by atoms with Gasteiger partial charge in [-0.3, -0.25) is 0 Å². The fourth-order valence-electron chi connectivity index (χ4n) is 2.32. The van der Waals surface area contributed by atoms with E-state index in [4.69, 9.17) is 10.5 Å². The maximum atomic E-state index is 9.40. The summed E-state index contributed by atoms with van der Waals surface area (Å²) < 4.78 is 5.44. The van der Waals surface area contributed by atoms with Crippen molar-refractivity contribution in [1.82, 2.24) is 0 Å². The number of aromatic hydroxyl groups is 1. The van der Waals surface area contributed by atoms with Crippen molar-refractivity contribution in [3.05, 3.63) is 48.0 Å². The Hall–Kier alpha value is -2.00. The normalized spacial score (nSPS) is 12.2. The zero-order valence-corrected chi connectivity index (χ0v) is 12.0. The molecule has 0 saturated heterocycles. The Kier molecular flexibility index (Phi) is 4.64. The van der Waals surface area contributed by atoms with Crippen LogP contribution in [-0.4, -0.2) is 18.8 Å². The minimum atomic E-state index is 0.264. The Labute approximate surface area is 120 Å². The van der Waals surface area contributed by atoms with E-state index in [0.717, 1.165) is 23.3 Å². The number of benzene rings is 2. The third-order valence-corrected chi connectivity index (χ3v) is 3.57. The highest BCUT2D eigenvalue weighted by atomic mass is 16.5. The highest BCUT2D eigenvalue weighted by Gasteiger charge is 2.11. The van der Waals surface area contributed by atoms with Crippen LogP contribution in [0.15, 0.2) is 42.5 Å². The smallest absolute Gasteiger partial charge is 0.126 e. The fraction of sp³-hybridized carbons (Fsp3) is 0.294. The molecular weight excluding hydrogens is 250 g/mol. The zero-order chi connectivity index (χ0) is 14.5. The molecule has 0 fully saturated rings. The van der Waals surface area contributed by atoms with Crippen LogP contribution in [0.4, 0.5) is 0 Å². The summed E-state index contributed by atoms with van der Waals surface area (Å²) in [6.45, 7) is 2.86. The van der Waals surface area contributed by atoms with Gasteiger partial charge in [0.15, 0.2) is 0 Å². The topological polar surface area (TPSA) is 55.5 Å². The number of phenolic OH excluding ortho intramolecular Hbond substituents is 1. The van der Waals surface area contributed by atoms with Gasteiger partial charge in [-0.15, -0.1) is 0 Å². The number of methoxy groups -OCH3 is 1. The van der Waals surface area contributed by atoms with Crippen LogP contribution in [0.5, 0.6) is 11.5 Å². The van der Waals surface area contributed by atoms with Crippen molar-refractivity contribution in [2.45, 2.75) is 19.3 Å². The number of phenols is 1. The van der Waals surface area contributed by atoms with Gasteiger partial charge in [-0.05, 0) is 54.3 Å². The van der Waals surface area contributed by atoms with Gasteiger partial charge in [-0.1, -0.05) is 25.1 Å². The van der Waals surface area contributed by atoms with Crippen molar-refractivity contribution in [1.29, 1.82) is 0 Å². The third-order valence-electron chi connectivity index (χ3n) is 3.57. The van der Waals surface area contributed by atoms with Crippen molar-refractivity contribution in [2.24, 2.45) is 5.73 Å². The number of nitrogens with two attached hydrogens (primary N) is 1. The Bertz CT molecular complexity index is 564. The summed E-state index contributed by atoms with van der Waals surface area (Å²) in [5.41, 5.74) is 8.95. The fourth-order valence-corrected chi connectivity index (χ4v) is 2.32. The van der Waals surface area contributed by atoms with E-state index in [2.05, 4.69) is 19.1 Å². The molecule has 2 aromatic carbocycles. The van der Waals surface area contributed by atoms with E-state index < -0.39 is 0 Å². The Morgan fingerprint density at radius 1 is 1.15 bits per heavy atom. The second-order valence-electron chi connectivity index (χ2n) is 4.98. The molecule has 2 aromatic rings. The second kappa shape index (κ2) is 6.44. The van der Waals surface area contributed by atoms with Gasteiger partial charge in [0.25, 0.3) is 0 Å². The van der Waals surface area contributed by atoms with Crippen molar-refractivity contribution in [3.63, 3.8) is 0 Å². The van der Waals surface area contributed by atoms with Crippen molar-refractivity contribution >= 4 is 0 Å². The molecule has 0 aromatic heterocycles. The third kappa shape index (κ3) is 3.11. The zero-order valence-electron chi connectivity index (χ0n) is 12.0. The van der Waals surface area contributed by atoms with Gasteiger partial charge < -0.3 is 15.6 Å². The van der Waals surface area contributed by atoms with E-state index in [0.29, 0.717) is 12.5 Å². The van der Waals surface area contributed by atoms with Gasteiger partial charge in [-0.2, -0.15) is 0 Å². The predicted molar refractivity (Wildman–Crippen MR) is 82.2 cm³/mol. The maximum Gasteiger partial charge on any atom is 0.126 e. The summed E-state index contributed by atoms with van der Waals surface area (Å²) in [5.74, 6) is 1.52. The van der Waals surface area contributed by atoms with Crippen molar-refractivity contribution in [3.8, 4) is 22.6 Å². The van der Waals surface area contributed by atoms with Gasteiger partial charge in [-0.25, -0.2) is 0 Å². The maximum absolute atomic E-state index is 9.40. The van der Waals surface area contributed by atoms with Gasteiger partial charge in [0, 0.05) is 5.56 Å². The Morgan fingerprint density at radius 2 is 1.85 bits per heavy atom. The monoisotopic (exact) mass is 271 g/mol. The van der Waals surface area contributed by atoms with E-state index in [1.54, 1.807) is 19.2 Å². The minimum absolute atomic E-state index is 0.264. The molecule has 0 heterocycles. The van der Waals surface area contributed by atoms with E-state index in [-0.39, 0.29) is 5.75 Å². The first-order valence-electron chi connectivity index (χ1n) is 6.83. The van der Waals surface area contributed by atoms with E-state index in [9.17, 15) is 5.11 Å². The molecule has 3 heteroatoms. The second-order valence-corrected chi connectivity index (χ2v) is 4.98. The van der Waals surface area contributed by atoms with Crippen LogP contribution in [0.2, 0.25) is 0 Å². The molecule has 2 rings (SSSR count). The molecule has 1 atom stereocenters. The lowest BCUT2D eigenvalue weighted by Gasteiger charge is -2.15. The summed E-state index contributed by atoms with van der Waals surface area (Å²) in [5, 5.41) is 9.40. The molecule has 0 radical (unpaired) electrons. The highest BCUT2D eigenvalue weighted by molar-refractivity contribution is 5.71. The van der Waals surface area contributed by atoms with Crippen LogP contribution in [0.3, 0.4) is 0 Å². The van der Waals surface area contributed by atoms with Crippen LogP contribution in [0, 0.1) is 0 Å². The first-order valence-corrected chi connectivity index (χ1v) is 6.83. The SMILES string of the molecule is COc1ccc(C(C)CCN)cc1-c1ccc(O)cc1. The van der Waals surface area contributed by atoms with Crippen LogP contribution in [0.1, 0.15) is 24.8 Å². The summed E-state index contributed by atoms with van der Waals surface area (Å²) in [6, 6.07) is 13.4. The Balaban J connectivity index is 2.43. The summed E-state index contributed by atoms with van der Waals surface area (Å²) in [4.78, 5) is 0. The molecule has 106 valence electrons. The standard InChI is InChI=1S/C17H21NO2/c1-12(9-10-18)14-5-8-17(20-2)16(11-14)13-3-6-15(19)7-4-13/h3-8,11-12,19H,9-10,18H2,1-2H3. The van der Waals surface area contributed by atoms with Crippen LogP contribution < -0.4 is 10.5 Å². The lowest BCUT2D eigenvalue weighted by atomic mass is 9.93. The van der Waals surface area contributed by atoms with Crippen molar-refractivity contribution in [2.75, 3.05) is 13.7 Å². The number of hydrogen-bond acceptors (Lipinski definition) is 3. The molecule has 20 heavy (non-hydrogen) atoms. The molecule has 1 unspecified atom stereocenters. The van der Waals surface area contributed by atoms with Gasteiger partial charge in [0.2, 0.25) is 0 Å². The molecular formula is C17H21NO2. The molecule has 3 nitrogen and oxygen atoms in total. The van der Waals surface area contributed by atoms with E-state index >= 15 is 0 Å². The molecule has 0 bridgehead atoms. The quantitative estimate of drug-likeness (QED) is 0.874. The minimum Gasteiger partial charge on any atom is -0.508 e. The van der Waals surface area contributed by atoms with E-state index in [1.807, 2.05) is 18.2 Å². The first kappa shape index (κ1) is 14.4. The van der Waals surface area contributed by atoms with Crippen molar-refractivity contribution < 1.29 is 9.84 Å². The first-order chi connectivity index (χ1) is 9.65. The van der Waals surface area contributed by atoms with Crippen LogP contribution >= 0.6 is 0 Å².